The molecule has 19 heavy (non-hydrogen) atoms. The maximum Gasteiger partial charge on any atom is 0.303 e. The smallest absolute Gasteiger partial charge is 0.303 e. The fourth-order valence-corrected chi connectivity index (χ4v) is 2.80. The molecule has 2 heterocycles. The lowest BCUT2D eigenvalue weighted by molar-refractivity contribution is -0.141. The van der Waals surface area contributed by atoms with Gasteiger partial charge in [-0.1, -0.05) is 0 Å². The highest BCUT2D eigenvalue weighted by Crippen LogP contribution is 2.20. The standard InChI is InChI=1S/C13H22N2O4/c16-12(7-11-9-19-5-3-14-11)15-4-1-2-10(8-15)6-13(17)18/h10-11,14H,1-9H2,(H,17,18). The third-order valence-corrected chi connectivity index (χ3v) is 3.75. The summed E-state index contributed by atoms with van der Waals surface area (Å²) in [6, 6.07) is 0.0982. The molecule has 0 saturated carbocycles. The molecule has 2 unspecified atom stereocenters. The van der Waals surface area contributed by atoms with Gasteiger partial charge in [-0.25, -0.2) is 0 Å². The highest BCUT2D eigenvalue weighted by atomic mass is 16.5. The lowest BCUT2D eigenvalue weighted by Crippen LogP contribution is -2.47. The fraction of sp³-hybridized carbons (Fsp3) is 0.846. The summed E-state index contributed by atoms with van der Waals surface area (Å²) >= 11 is 0. The number of hydrogen-bond donors (Lipinski definition) is 2. The quantitative estimate of drug-likeness (QED) is 0.756. The van der Waals surface area contributed by atoms with E-state index in [1.807, 2.05) is 4.90 Å². The van der Waals surface area contributed by atoms with Gasteiger partial charge in [0, 0.05) is 38.5 Å². The molecule has 0 aliphatic carbocycles. The molecule has 2 fully saturated rings. The van der Waals surface area contributed by atoms with Crippen LogP contribution in [0.5, 0.6) is 0 Å². The topological polar surface area (TPSA) is 78.9 Å². The van der Waals surface area contributed by atoms with Gasteiger partial charge in [-0.3, -0.25) is 9.59 Å². The predicted molar refractivity (Wildman–Crippen MR) is 68.8 cm³/mol. The van der Waals surface area contributed by atoms with Crippen molar-refractivity contribution in [3.05, 3.63) is 0 Å². The van der Waals surface area contributed by atoms with Gasteiger partial charge in [0.15, 0.2) is 0 Å². The van der Waals surface area contributed by atoms with Gasteiger partial charge >= 0.3 is 5.97 Å². The molecule has 6 heteroatoms. The van der Waals surface area contributed by atoms with Gasteiger partial charge in [0.2, 0.25) is 5.91 Å². The van der Waals surface area contributed by atoms with Crippen molar-refractivity contribution in [3.8, 4) is 0 Å². The van der Waals surface area contributed by atoms with Gasteiger partial charge in [0.25, 0.3) is 0 Å². The van der Waals surface area contributed by atoms with E-state index in [0.717, 1.165) is 25.9 Å². The van der Waals surface area contributed by atoms with Crippen LogP contribution in [0, 0.1) is 5.92 Å². The summed E-state index contributed by atoms with van der Waals surface area (Å²) in [7, 11) is 0. The van der Waals surface area contributed by atoms with E-state index in [1.54, 1.807) is 0 Å². The Balaban J connectivity index is 1.79. The molecule has 0 spiro atoms. The van der Waals surface area contributed by atoms with E-state index in [9.17, 15) is 9.59 Å². The highest BCUT2D eigenvalue weighted by Gasteiger charge is 2.27. The lowest BCUT2D eigenvalue weighted by atomic mass is 9.94. The van der Waals surface area contributed by atoms with Gasteiger partial charge in [0.1, 0.15) is 0 Å². The normalized spacial score (nSPS) is 28.1. The van der Waals surface area contributed by atoms with E-state index in [2.05, 4.69) is 5.32 Å². The second kappa shape index (κ2) is 6.86. The Bertz CT molecular complexity index is 329. The number of carbonyl (C=O) groups is 2. The van der Waals surface area contributed by atoms with Crippen LogP contribution in [0.1, 0.15) is 25.7 Å². The molecule has 2 aliphatic rings. The number of hydrogen-bond acceptors (Lipinski definition) is 4. The Morgan fingerprint density at radius 2 is 2.21 bits per heavy atom. The Kier molecular flexibility index (Phi) is 5.15. The number of nitrogens with one attached hydrogen (secondary N) is 1. The summed E-state index contributed by atoms with van der Waals surface area (Å²) in [6.07, 6.45) is 2.41. The van der Waals surface area contributed by atoms with Crippen LogP contribution >= 0.6 is 0 Å². The molecule has 2 aliphatic heterocycles. The summed E-state index contributed by atoms with van der Waals surface area (Å²) in [5.74, 6) is -0.564. The number of aliphatic carboxylic acids is 1. The Hall–Kier alpha value is -1.14. The minimum absolute atomic E-state index is 0.0982. The van der Waals surface area contributed by atoms with Crippen molar-refractivity contribution >= 4 is 11.9 Å². The van der Waals surface area contributed by atoms with Crippen molar-refractivity contribution in [2.24, 2.45) is 5.92 Å². The van der Waals surface area contributed by atoms with Crippen LogP contribution in [-0.2, 0) is 14.3 Å². The molecule has 0 aromatic heterocycles. The molecule has 2 saturated heterocycles. The van der Waals surface area contributed by atoms with E-state index in [1.165, 1.54) is 0 Å². The van der Waals surface area contributed by atoms with E-state index in [4.69, 9.17) is 9.84 Å². The number of rotatable bonds is 4. The molecule has 2 N–H and O–H groups in total. The van der Waals surface area contributed by atoms with Crippen molar-refractivity contribution in [3.63, 3.8) is 0 Å². The average Bonchev–Trinajstić information content (AvgIpc) is 2.39. The Labute approximate surface area is 113 Å². The van der Waals surface area contributed by atoms with E-state index >= 15 is 0 Å². The lowest BCUT2D eigenvalue weighted by Gasteiger charge is -2.33. The fourth-order valence-electron chi connectivity index (χ4n) is 2.80. The molecule has 2 atom stereocenters. The van der Waals surface area contributed by atoms with Crippen molar-refractivity contribution in [2.45, 2.75) is 31.7 Å². The summed E-state index contributed by atoms with van der Waals surface area (Å²) in [6.45, 7) is 3.41. The number of carboxylic acid groups (broad SMARTS) is 1. The van der Waals surface area contributed by atoms with E-state index < -0.39 is 5.97 Å². The number of ether oxygens (including phenoxy) is 1. The van der Waals surface area contributed by atoms with Crippen molar-refractivity contribution in [1.82, 2.24) is 10.2 Å². The predicted octanol–water partition coefficient (Wildman–Crippen LogP) is 0.0782. The van der Waals surface area contributed by atoms with Gasteiger partial charge in [-0.15, -0.1) is 0 Å². The summed E-state index contributed by atoms with van der Waals surface area (Å²) < 4.78 is 5.33. The zero-order valence-corrected chi connectivity index (χ0v) is 11.1. The van der Waals surface area contributed by atoms with E-state index in [-0.39, 0.29) is 24.3 Å². The van der Waals surface area contributed by atoms with Gasteiger partial charge < -0.3 is 20.1 Å². The number of nitrogens with zero attached hydrogens (tertiary/aromatic N) is 1. The average molecular weight is 270 g/mol. The van der Waals surface area contributed by atoms with Crippen LogP contribution in [0.2, 0.25) is 0 Å². The molecule has 108 valence electrons. The second-order valence-electron chi connectivity index (χ2n) is 5.38. The molecule has 2 rings (SSSR count). The third kappa shape index (κ3) is 4.47. The second-order valence-corrected chi connectivity index (χ2v) is 5.38. The molecular formula is C13H22N2O4. The summed E-state index contributed by atoms with van der Waals surface area (Å²) in [5, 5.41) is 12.1. The largest absolute Gasteiger partial charge is 0.481 e. The van der Waals surface area contributed by atoms with Crippen LogP contribution < -0.4 is 5.32 Å². The zero-order valence-electron chi connectivity index (χ0n) is 11.1. The maximum absolute atomic E-state index is 12.2. The number of morpholine rings is 1. The maximum atomic E-state index is 12.2. The molecule has 0 radical (unpaired) electrons. The molecule has 0 aromatic rings. The van der Waals surface area contributed by atoms with Crippen LogP contribution in [0.3, 0.4) is 0 Å². The van der Waals surface area contributed by atoms with Gasteiger partial charge in [-0.05, 0) is 18.8 Å². The molecular weight excluding hydrogens is 248 g/mol. The van der Waals surface area contributed by atoms with E-state index in [0.29, 0.717) is 26.2 Å². The number of carboxylic acids is 1. The molecule has 0 aromatic carbocycles. The molecule has 0 bridgehead atoms. The van der Waals surface area contributed by atoms with Crippen LogP contribution in [0.15, 0.2) is 0 Å². The van der Waals surface area contributed by atoms with Crippen molar-refractivity contribution in [2.75, 3.05) is 32.8 Å². The highest BCUT2D eigenvalue weighted by molar-refractivity contribution is 5.77. The number of carbonyl (C=O) groups excluding carboxylic acids is 1. The summed E-state index contributed by atoms with van der Waals surface area (Å²) in [5.41, 5.74) is 0. The monoisotopic (exact) mass is 270 g/mol. The van der Waals surface area contributed by atoms with Gasteiger partial charge in [0.05, 0.1) is 13.2 Å². The first-order chi connectivity index (χ1) is 9.15. The third-order valence-electron chi connectivity index (χ3n) is 3.75. The minimum Gasteiger partial charge on any atom is -0.481 e. The molecule has 1 amide bonds. The van der Waals surface area contributed by atoms with Crippen LogP contribution in [0.4, 0.5) is 0 Å². The van der Waals surface area contributed by atoms with Gasteiger partial charge in [-0.2, -0.15) is 0 Å². The molecule has 6 nitrogen and oxygen atoms in total. The zero-order chi connectivity index (χ0) is 13.7. The first-order valence-corrected chi connectivity index (χ1v) is 6.96. The summed E-state index contributed by atoms with van der Waals surface area (Å²) in [4.78, 5) is 24.7. The minimum atomic E-state index is -0.776. The number of likely N-dealkylation sites (tertiary alicyclic amines) is 1. The number of piperidine rings is 1. The van der Waals surface area contributed by atoms with Crippen molar-refractivity contribution < 1.29 is 19.4 Å². The Morgan fingerprint density at radius 1 is 1.37 bits per heavy atom. The van der Waals surface area contributed by atoms with Crippen LogP contribution in [-0.4, -0.2) is 60.8 Å². The first kappa shape index (κ1) is 14.3. The number of amides is 1. The first-order valence-electron chi connectivity index (χ1n) is 6.96. The Morgan fingerprint density at radius 3 is 2.89 bits per heavy atom. The SMILES string of the molecule is O=C(O)CC1CCCN(C(=O)CC2COCCN2)C1. The van der Waals surface area contributed by atoms with Crippen LogP contribution in [0.25, 0.3) is 0 Å². The van der Waals surface area contributed by atoms with Crippen molar-refractivity contribution in [1.29, 1.82) is 0 Å².